The standard InChI is InChI=1S/C15H22S/c1-10(2)14-13(15(3,4)5)11-8-6-7-9-12(11)16-14/h6-10,13-14H,1-5H3. The molecular weight excluding hydrogens is 212 g/mol. The van der Waals surface area contributed by atoms with E-state index in [0.29, 0.717) is 11.3 Å². The Morgan fingerprint density at radius 2 is 1.75 bits per heavy atom. The van der Waals surface area contributed by atoms with Gasteiger partial charge in [-0.15, -0.1) is 11.8 Å². The highest BCUT2D eigenvalue weighted by Crippen LogP contribution is 2.54. The summed E-state index contributed by atoms with van der Waals surface area (Å²) in [6.45, 7) is 11.8. The summed E-state index contributed by atoms with van der Waals surface area (Å²) in [5.41, 5.74) is 1.92. The zero-order valence-corrected chi connectivity index (χ0v) is 11.8. The van der Waals surface area contributed by atoms with Gasteiger partial charge in [0.1, 0.15) is 0 Å². The fourth-order valence-electron chi connectivity index (χ4n) is 2.72. The molecule has 0 nitrogen and oxygen atoms in total. The highest BCUT2D eigenvalue weighted by molar-refractivity contribution is 8.00. The second-order valence-electron chi connectivity index (χ2n) is 6.21. The molecule has 2 rings (SSSR count). The minimum Gasteiger partial charge on any atom is -0.122 e. The van der Waals surface area contributed by atoms with Gasteiger partial charge in [0.2, 0.25) is 0 Å². The molecule has 0 amide bonds. The van der Waals surface area contributed by atoms with Crippen LogP contribution in [0.25, 0.3) is 0 Å². The smallest absolute Gasteiger partial charge is 0.0192 e. The highest BCUT2D eigenvalue weighted by Gasteiger charge is 2.41. The first-order chi connectivity index (χ1) is 7.41. The Morgan fingerprint density at radius 1 is 1.12 bits per heavy atom. The molecule has 88 valence electrons. The molecule has 1 heterocycles. The van der Waals surface area contributed by atoms with Gasteiger partial charge in [-0.25, -0.2) is 0 Å². The van der Waals surface area contributed by atoms with E-state index < -0.39 is 0 Å². The molecule has 2 unspecified atom stereocenters. The molecule has 0 aliphatic carbocycles. The van der Waals surface area contributed by atoms with E-state index in [4.69, 9.17) is 0 Å². The van der Waals surface area contributed by atoms with Crippen LogP contribution in [0.2, 0.25) is 0 Å². The fraction of sp³-hybridized carbons (Fsp3) is 0.600. The van der Waals surface area contributed by atoms with Crippen molar-refractivity contribution in [1.29, 1.82) is 0 Å². The van der Waals surface area contributed by atoms with Crippen molar-refractivity contribution in [2.75, 3.05) is 0 Å². The Bertz CT molecular complexity index is 373. The Morgan fingerprint density at radius 3 is 2.31 bits per heavy atom. The summed E-state index contributed by atoms with van der Waals surface area (Å²) in [5, 5.41) is 0.734. The molecule has 0 N–H and O–H groups in total. The van der Waals surface area contributed by atoms with E-state index in [9.17, 15) is 0 Å². The first-order valence-electron chi connectivity index (χ1n) is 6.17. The Kier molecular flexibility index (Phi) is 3.09. The van der Waals surface area contributed by atoms with Crippen LogP contribution in [0.1, 0.15) is 46.1 Å². The van der Waals surface area contributed by atoms with Gasteiger partial charge in [-0.3, -0.25) is 0 Å². The molecule has 0 fully saturated rings. The minimum absolute atomic E-state index is 0.356. The molecule has 2 atom stereocenters. The lowest BCUT2D eigenvalue weighted by Crippen LogP contribution is -2.28. The van der Waals surface area contributed by atoms with E-state index in [2.05, 4.69) is 70.6 Å². The molecule has 0 radical (unpaired) electrons. The fourth-order valence-corrected chi connectivity index (χ4v) is 4.46. The average Bonchev–Trinajstić information content (AvgIpc) is 2.55. The van der Waals surface area contributed by atoms with Crippen molar-refractivity contribution in [2.45, 2.75) is 50.7 Å². The normalized spacial score (nSPS) is 24.9. The lowest BCUT2D eigenvalue weighted by Gasteiger charge is -2.34. The van der Waals surface area contributed by atoms with Crippen molar-refractivity contribution in [3.05, 3.63) is 29.8 Å². The Labute approximate surface area is 104 Å². The van der Waals surface area contributed by atoms with Gasteiger partial charge in [0, 0.05) is 16.1 Å². The van der Waals surface area contributed by atoms with Crippen LogP contribution >= 0.6 is 11.8 Å². The summed E-state index contributed by atoms with van der Waals surface area (Å²) in [6.07, 6.45) is 0. The lowest BCUT2D eigenvalue weighted by molar-refractivity contribution is 0.291. The predicted octanol–water partition coefficient (Wildman–Crippen LogP) is 4.95. The van der Waals surface area contributed by atoms with Crippen molar-refractivity contribution in [3.63, 3.8) is 0 Å². The third kappa shape index (κ3) is 2.02. The summed E-state index contributed by atoms with van der Waals surface area (Å²) in [4.78, 5) is 1.50. The maximum atomic E-state index is 2.37. The second kappa shape index (κ2) is 4.10. The van der Waals surface area contributed by atoms with Crippen LogP contribution < -0.4 is 0 Å². The molecule has 0 saturated heterocycles. The monoisotopic (exact) mass is 234 g/mol. The van der Waals surface area contributed by atoms with E-state index in [1.165, 1.54) is 4.90 Å². The summed E-state index contributed by atoms with van der Waals surface area (Å²) in [5.74, 6) is 1.43. The summed E-state index contributed by atoms with van der Waals surface area (Å²) in [7, 11) is 0. The quantitative estimate of drug-likeness (QED) is 0.662. The van der Waals surface area contributed by atoms with Gasteiger partial charge in [0.25, 0.3) is 0 Å². The predicted molar refractivity (Wildman–Crippen MR) is 73.1 cm³/mol. The molecule has 1 aromatic rings. The largest absolute Gasteiger partial charge is 0.122 e. The Balaban J connectivity index is 2.44. The number of thioether (sulfide) groups is 1. The lowest BCUT2D eigenvalue weighted by atomic mass is 9.72. The number of hydrogen-bond donors (Lipinski definition) is 0. The molecule has 1 aliphatic rings. The molecule has 1 heteroatoms. The third-order valence-corrected chi connectivity index (χ3v) is 5.15. The van der Waals surface area contributed by atoms with E-state index in [-0.39, 0.29) is 0 Å². The number of benzene rings is 1. The summed E-state index contributed by atoms with van der Waals surface area (Å²) < 4.78 is 0. The summed E-state index contributed by atoms with van der Waals surface area (Å²) in [6, 6.07) is 8.94. The van der Waals surface area contributed by atoms with Gasteiger partial charge in [-0.1, -0.05) is 52.8 Å². The van der Waals surface area contributed by atoms with Gasteiger partial charge in [-0.2, -0.15) is 0 Å². The first-order valence-corrected chi connectivity index (χ1v) is 7.05. The number of rotatable bonds is 1. The molecular formula is C15H22S. The average molecular weight is 234 g/mol. The molecule has 0 aromatic heterocycles. The zero-order valence-electron chi connectivity index (χ0n) is 10.9. The van der Waals surface area contributed by atoms with Gasteiger partial charge < -0.3 is 0 Å². The molecule has 0 spiro atoms. The van der Waals surface area contributed by atoms with E-state index in [1.807, 2.05) is 0 Å². The topological polar surface area (TPSA) is 0 Å². The van der Waals surface area contributed by atoms with Crippen LogP contribution in [0, 0.1) is 11.3 Å². The van der Waals surface area contributed by atoms with Crippen LogP contribution in [-0.4, -0.2) is 5.25 Å². The van der Waals surface area contributed by atoms with Crippen LogP contribution in [-0.2, 0) is 0 Å². The molecule has 1 aromatic carbocycles. The second-order valence-corrected chi connectivity index (χ2v) is 7.43. The SMILES string of the molecule is CC(C)C1Sc2ccccc2C1C(C)(C)C. The van der Waals surface area contributed by atoms with Crippen LogP contribution in [0.4, 0.5) is 0 Å². The molecule has 0 saturated carbocycles. The highest BCUT2D eigenvalue weighted by atomic mass is 32.2. The van der Waals surface area contributed by atoms with Crippen LogP contribution in [0.5, 0.6) is 0 Å². The molecule has 0 bridgehead atoms. The summed E-state index contributed by atoms with van der Waals surface area (Å²) >= 11 is 2.08. The first kappa shape index (κ1) is 12.0. The minimum atomic E-state index is 0.356. The van der Waals surface area contributed by atoms with Gasteiger partial charge >= 0.3 is 0 Å². The number of hydrogen-bond acceptors (Lipinski definition) is 1. The molecule has 1 aliphatic heterocycles. The van der Waals surface area contributed by atoms with Crippen molar-refractivity contribution >= 4 is 11.8 Å². The van der Waals surface area contributed by atoms with E-state index in [0.717, 1.165) is 11.2 Å². The maximum absolute atomic E-state index is 2.37. The van der Waals surface area contributed by atoms with Crippen molar-refractivity contribution in [3.8, 4) is 0 Å². The van der Waals surface area contributed by atoms with Crippen molar-refractivity contribution in [1.82, 2.24) is 0 Å². The van der Waals surface area contributed by atoms with Crippen LogP contribution in [0.15, 0.2) is 29.2 Å². The van der Waals surface area contributed by atoms with Crippen LogP contribution in [0.3, 0.4) is 0 Å². The third-order valence-electron chi connectivity index (χ3n) is 3.44. The zero-order chi connectivity index (χ0) is 11.9. The molecule has 16 heavy (non-hydrogen) atoms. The Hall–Kier alpha value is -0.430. The van der Waals surface area contributed by atoms with Crippen molar-refractivity contribution < 1.29 is 0 Å². The van der Waals surface area contributed by atoms with Gasteiger partial charge in [0.15, 0.2) is 0 Å². The van der Waals surface area contributed by atoms with Gasteiger partial charge in [-0.05, 0) is 23.0 Å². The van der Waals surface area contributed by atoms with E-state index in [1.54, 1.807) is 5.56 Å². The van der Waals surface area contributed by atoms with E-state index >= 15 is 0 Å². The van der Waals surface area contributed by atoms with Crippen molar-refractivity contribution in [2.24, 2.45) is 11.3 Å². The van der Waals surface area contributed by atoms with Gasteiger partial charge in [0.05, 0.1) is 0 Å². The maximum Gasteiger partial charge on any atom is 0.0192 e. The number of fused-ring (bicyclic) bond motifs is 1.